The van der Waals surface area contributed by atoms with Crippen LogP contribution in [0.1, 0.15) is 29.8 Å². The van der Waals surface area contributed by atoms with E-state index in [0.29, 0.717) is 10.0 Å². The quantitative estimate of drug-likeness (QED) is 0.690. The monoisotopic (exact) mass is 405 g/mol. The average Bonchev–Trinajstić information content (AvgIpc) is 2.81. The second-order valence-electron chi connectivity index (χ2n) is 4.20. The lowest BCUT2D eigenvalue weighted by molar-refractivity contribution is 0.547. The molecule has 0 saturated carbocycles. The Balaban J connectivity index is 2.39. The van der Waals surface area contributed by atoms with E-state index in [4.69, 9.17) is 0 Å². The Morgan fingerprint density at radius 3 is 2.79 bits per heavy atom. The molecule has 2 aromatic rings. The fraction of sp³-hybridized carbons (Fsp3) is 0.286. The molecule has 0 aliphatic carbocycles. The number of halogens is 3. The highest BCUT2D eigenvalue weighted by Crippen LogP contribution is 2.33. The molecule has 0 spiro atoms. The minimum Gasteiger partial charge on any atom is -0.306 e. The van der Waals surface area contributed by atoms with Crippen LogP contribution < -0.4 is 5.32 Å². The summed E-state index contributed by atoms with van der Waals surface area (Å²) in [5.41, 5.74) is 0.678. The first-order valence-electron chi connectivity index (χ1n) is 6.04. The van der Waals surface area contributed by atoms with Crippen LogP contribution in [0, 0.1) is 5.82 Å². The van der Waals surface area contributed by atoms with Crippen molar-refractivity contribution in [2.75, 3.05) is 6.54 Å². The largest absolute Gasteiger partial charge is 0.306 e. The number of rotatable bonds is 5. The number of benzene rings is 1. The molecule has 5 heteroatoms. The maximum atomic E-state index is 14.3. The Labute approximate surface area is 133 Å². The molecule has 1 N–H and O–H groups in total. The van der Waals surface area contributed by atoms with Crippen molar-refractivity contribution >= 4 is 43.2 Å². The zero-order valence-electron chi connectivity index (χ0n) is 10.4. The van der Waals surface area contributed by atoms with Crippen molar-refractivity contribution in [3.63, 3.8) is 0 Å². The van der Waals surface area contributed by atoms with E-state index < -0.39 is 0 Å². The molecule has 0 saturated heterocycles. The van der Waals surface area contributed by atoms with Crippen LogP contribution in [0.2, 0.25) is 0 Å². The van der Waals surface area contributed by atoms with E-state index in [9.17, 15) is 4.39 Å². The van der Waals surface area contributed by atoms with Crippen molar-refractivity contribution in [3.8, 4) is 0 Å². The highest BCUT2D eigenvalue weighted by molar-refractivity contribution is 9.10. The van der Waals surface area contributed by atoms with Gasteiger partial charge in [-0.2, -0.15) is 0 Å². The predicted octanol–water partition coefficient (Wildman–Crippen LogP) is 5.50. The van der Waals surface area contributed by atoms with Gasteiger partial charge in [-0.3, -0.25) is 0 Å². The fourth-order valence-corrected chi connectivity index (χ4v) is 3.79. The maximum absolute atomic E-state index is 14.3. The van der Waals surface area contributed by atoms with Gasteiger partial charge < -0.3 is 5.32 Å². The van der Waals surface area contributed by atoms with Crippen LogP contribution in [0.3, 0.4) is 0 Å². The van der Waals surface area contributed by atoms with Crippen LogP contribution >= 0.6 is 43.2 Å². The highest BCUT2D eigenvalue weighted by atomic mass is 79.9. The number of hydrogen-bond acceptors (Lipinski definition) is 2. The SMILES string of the molecule is CCCNC(c1cc(Br)cs1)c1cccc(Br)c1F. The van der Waals surface area contributed by atoms with Crippen LogP contribution in [-0.2, 0) is 0 Å². The maximum Gasteiger partial charge on any atom is 0.142 e. The molecule has 1 aromatic heterocycles. The van der Waals surface area contributed by atoms with Crippen molar-refractivity contribution in [2.45, 2.75) is 19.4 Å². The smallest absolute Gasteiger partial charge is 0.142 e. The van der Waals surface area contributed by atoms with E-state index in [0.717, 1.165) is 22.3 Å². The molecule has 1 atom stereocenters. The topological polar surface area (TPSA) is 12.0 Å². The molecule has 1 unspecified atom stereocenters. The van der Waals surface area contributed by atoms with Gasteiger partial charge in [-0.1, -0.05) is 19.1 Å². The zero-order valence-corrected chi connectivity index (χ0v) is 14.4. The summed E-state index contributed by atoms with van der Waals surface area (Å²) in [7, 11) is 0. The minimum absolute atomic E-state index is 0.103. The summed E-state index contributed by atoms with van der Waals surface area (Å²) in [5.74, 6) is -0.194. The third kappa shape index (κ3) is 3.66. The summed E-state index contributed by atoms with van der Waals surface area (Å²) in [4.78, 5) is 1.11. The Morgan fingerprint density at radius 2 is 2.16 bits per heavy atom. The van der Waals surface area contributed by atoms with Gasteiger partial charge >= 0.3 is 0 Å². The first-order chi connectivity index (χ1) is 9.13. The molecule has 0 radical (unpaired) electrons. The van der Waals surface area contributed by atoms with Crippen LogP contribution in [-0.4, -0.2) is 6.54 Å². The lowest BCUT2D eigenvalue weighted by Gasteiger charge is -2.18. The molecule has 0 fully saturated rings. The Kier molecular flexibility index (Phi) is 5.57. The van der Waals surface area contributed by atoms with Crippen molar-refractivity contribution in [1.29, 1.82) is 0 Å². The van der Waals surface area contributed by atoms with E-state index >= 15 is 0 Å². The summed E-state index contributed by atoms with van der Waals surface area (Å²) in [5, 5.41) is 5.43. The van der Waals surface area contributed by atoms with Gasteiger partial charge in [0.1, 0.15) is 5.82 Å². The highest BCUT2D eigenvalue weighted by Gasteiger charge is 2.20. The molecule has 0 aliphatic heterocycles. The van der Waals surface area contributed by atoms with Crippen LogP contribution in [0.15, 0.2) is 38.6 Å². The molecule has 2 rings (SSSR count). The van der Waals surface area contributed by atoms with Gasteiger partial charge in [-0.05, 0) is 57.0 Å². The molecule has 1 aromatic carbocycles. The molecular weight excluding hydrogens is 393 g/mol. The van der Waals surface area contributed by atoms with Crippen molar-refractivity contribution in [3.05, 3.63) is 54.8 Å². The summed E-state index contributed by atoms with van der Waals surface area (Å²) in [6.07, 6.45) is 1.01. The third-order valence-electron chi connectivity index (χ3n) is 2.76. The van der Waals surface area contributed by atoms with E-state index in [1.54, 1.807) is 17.4 Å². The number of hydrogen-bond donors (Lipinski definition) is 1. The second kappa shape index (κ2) is 6.97. The normalized spacial score (nSPS) is 12.6. The summed E-state index contributed by atoms with van der Waals surface area (Å²) in [6, 6.07) is 7.36. The fourth-order valence-electron chi connectivity index (χ4n) is 1.88. The minimum atomic E-state index is -0.194. The zero-order chi connectivity index (χ0) is 13.8. The molecule has 19 heavy (non-hydrogen) atoms. The van der Waals surface area contributed by atoms with Gasteiger partial charge in [0, 0.05) is 20.3 Å². The predicted molar refractivity (Wildman–Crippen MR) is 86.3 cm³/mol. The molecule has 1 nitrogen and oxygen atoms in total. The lowest BCUT2D eigenvalue weighted by atomic mass is 10.0. The summed E-state index contributed by atoms with van der Waals surface area (Å²) < 4.78 is 15.8. The molecular formula is C14H14Br2FNS. The van der Waals surface area contributed by atoms with Gasteiger partial charge in [-0.15, -0.1) is 11.3 Å². The number of nitrogens with one attached hydrogen (secondary N) is 1. The van der Waals surface area contributed by atoms with Crippen molar-refractivity contribution in [2.24, 2.45) is 0 Å². The molecule has 0 aliphatic rings. The third-order valence-corrected chi connectivity index (χ3v) is 5.13. The lowest BCUT2D eigenvalue weighted by Crippen LogP contribution is -2.23. The first-order valence-corrected chi connectivity index (χ1v) is 8.51. The van der Waals surface area contributed by atoms with Crippen molar-refractivity contribution in [1.82, 2.24) is 5.32 Å². The summed E-state index contributed by atoms with van der Waals surface area (Å²) >= 11 is 8.33. The molecule has 1 heterocycles. The van der Waals surface area contributed by atoms with E-state index in [1.165, 1.54) is 0 Å². The van der Waals surface area contributed by atoms with Gasteiger partial charge in [0.25, 0.3) is 0 Å². The van der Waals surface area contributed by atoms with E-state index in [1.807, 2.05) is 23.6 Å². The summed E-state index contributed by atoms with van der Waals surface area (Å²) in [6.45, 7) is 2.96. The molecule has 0 bridgehead atoms. The Morgan fingerprint density at radius 1 is 1.37 bits per heavy atom. The van der Waals surface area contributed by atoms with Gasteiger partial charge in [0.05, 0.1) is 10.5 Å². The van der Waals surface area contributed by atoms with Crippen molar-refractivity contribution < 1.29 is 4.39 Å². The van der Waals surface area contributed by atoms with E-state index in [-0.39, 0.29) is 11.9 Å². The van der Waals surface area contributed by atoms with Crippen LogP contribution in [0.5, 0.6) is 0 Å². The standard InChI is InChI=1S/C14H14Br2FNS/c1-2-6-18-14(12-7-9(15)8-19-12)10-4-3-5-11(16)13(10)17/h3-5,7-8,14,18H,2,6H2,1H3. The number of thiophene rings is 1. The van der Waals surface area contributed by atoms with Crippen LogP contribution in [0.25, 0.3) is 0 Å². The molecule has 102 valence electrons. The van der Waals surface area contributed by atoms with Crippen LogP contribution in [0.4, 0.5) is 4.39 Å². The Hall–Kier alpha value is -0.230. The molecule has 0 amide bonds. The first kappa shape index (κ1) is 15.2. The second-order valence-corrected chi connectivity index (χ2v) is 6.91. The average molecular weight is 407 g/mol. The van der Waals surface area contributed by atoms with Gasteiger partial charge in [0.2, 0.25) is 0 Å². The van der Waals surface area contributed by atoms with Gasteiger partial charge in [-0.25, -0.2) is 4.39 Å². The Bertz CT molecular complexity index is 556. The van der Waals surface area contributed by atoms with Gasteiger partial charge in [0.15, 0.2) is 0 Å². The van der Waals surface area contributed by atoms with E-state index in [2.05, 4.69) is 44.1 Å².